The maximum Gasteiger partial charge on any atom is 0.193 e. The Hall–Kier alpha value is -0.560. The minimum atomic E-state index is 0. The summed E-state index contributed by atoms with van der Waals surface area (Å²) in [6.07, 6.45) is 7.39. The van der Waals surface area contributed by atoms with Gasteiger partial charge in [0.05, 0.1) is 0 Å². The SMILES string of the molecule is CN=C(NCc1ccc(Cl)nc1)N1CC2CCCCC2C1.I. The third-order valence-electron chi connectivity index (χ3n) is 4.73. The van der Waals surface area contributed by atoms with Crippen LogP contribution in [0.5, 0.6) is 0 Å². The van der Waals surface area contributed by atoms with E-state index in [0.717, 1.165) is 43.0 Å². The molecule has 122 valence electrons. The molecule has 1 saturated carbocycles. The van der Waals surface area contributed by atoms with E-state index in [1.54, 1.807) is 0 Å². The van der Waals surface area contributed by atoms with E-state index < -0.39 is 0 Å². The van der Waals surface area contributed by atoms with E-state index in [-0.39, 0.29) is 24.0 Å². The Bertz CT molecular complexity index is 491. The van der Waals surface area contributed by atoms with Crippen LogP contribution in [-0.2, 0) is 6.54 Å². The van der Waals surface area contributed by atoms with Gasteiger partial charge in [0.25, 0.3) is 0 Å². The van der Waals surface area contributed by atoms with Crippen LogP contribution < -0.4 is 5.32 Å². The molecule has 2 unspecified atom stereocenters. The summed E-state index contributed by atoms with van der Waals surface area (Å²) >= 11 is 5.81. The van der Waals surface area contributed by atoms with Gasteiger partial charge in [0.2, 0.25) is 0 Å². The first-order chi connectivity index (χ1) is 10.3. The Kier molecular flexibility index (Phi) is 6.74. The van der Waals surface area contributed by atoms with Crippen LogP contribution in [0, 0.1) is 11.8 Å². The number of fused-ring (bicyclic) bond motifs is 1. The number of likely N-dealkylation sites (tertiary alicyclic amines) is 1. The summed E-state index contributed by atoms with van der Waals surface area (Å²) in [7, 11) is 1.87. The second-order valence-corrected chi connectivity index (χ2v) is 6.49. The molecule has 1 saturated heterocycles. The van der Waals surface area contributed by atoms with Crippen LogP contribution in [0.15, 0.2) is 23.3 Å². The molecule has 2 fully saturated rings. The molecule has 22 heavy (non-hydrogen) atoms. The molecule has 2 aliphatic rings. The van der Waals surface area contributed by atoms with Gasteiger partial charge in [-0.3, -0.25) is 4.99 Å². The van der Waals surface area contributed by atoms with Crippen molar-refractivity contribution in [1.29, 1.82) is 0 Å². The lowest BCUT2D eigenvalue weighted by molar-refractivity contribution is 0.299. The van der Waals surface area contributed by atoms with Crippen molar-refractivity contribution in [3.05, 3.63) is 29.0 Å². The van der Waals surface area contributed by atoms with E-state index in [1.807, 2.05) is 25.4 Å². The zero-order valence-electron chi connectivity index (χ0n) is 13.0. The van der Waals surface area contributed by atoms with Gasteiger partial charge in [-0.05, 0) is 36.3 Å². The van der Waals surface area contributed by atoms with Crippen LogP contribution in [0.2, 0.25) is 5.15 Å². The minimum absolute atomic E-state index is 0. The molecule has 0 amide bonds. The first kappa shape index (κ1) is 17.8. The smallest absolute Gasteiger partial charge is 0.193 e. The summed E-state index contributed by atoms with van der Waals surface area (Å²) in [6, 6.07) is 3.82. The van der Waals surface area contributed by atoms with E-state index in [0.29, 0.717) is 5.15 Å². The van der Waals surface area contributed by atoms with Crippen LogP contribution >= 0.6 is 35.6 Å². The van der Waals surface area contributed by atoms with Crippen LogP contribution in [0.25, 0.3) is 0 Å². The highest BCUT2D eigenvalue weighted by Gasteiger charge is 2.35. The van der Waals surface area contributed by atoms with Gasteiger partial charge in [-0.15, -0.1) is 24.0 Å². The van der Waals surface area contributed by atoms with Crippen molar-refractivity contribution in [2.75, 3.05) is 20.1 Å². The van der Waals surface area contributed by atoms with Gasteiger partial charge in [0.15, 0.2) is 5.96 Å². The molecule has 0 bridgehead atoms. The third-order valence-corrected chi connectivity index (χ3v) is 4.95. The number of guanidine groups is 1. The molecule has 2 heterocycles. The number of nitrogens with one attached hydrogen (secondary N) is 1. The van der Waals surface area contributed by atoms with E-state index in [9.17, 15) is 0 Å². The lowest BCUT2D eigenvalue weighted by Gasteiger charge is -2.22. The first-order valence-electron chi connectivity index (χ1n) is 7.82. The fourth-order valence-corrected chi connectivity index (χ4v) is 3.72. The van der Waals surface area contributed by atoms with E-state index in [1.165, 1.54) is 25.7 Å². The fourth-order valence-electron chi connectivity index (χ4n) is 3.60. The number of aromatic nitrogens is 1. The quantitative estimate of drug-likeness (QED) is 0.335. The maximum atomic E-state index is 5.81. The second kappa shape index (κ2) is 8.34. The minimum Gasteiger partial charge on any atom is -0.352 e. The van der Waals surface area contributed by atoms with Gasteiger partial charge < -0.3 is 10.2 Å². The van der Waals surface area contributed by atoms with Crippen molar-refractivity contribution < 1.29 is 0 Å². The average Bonchev–Trinajstić information content (AvgIpc) is 2.93. The number of halogens is 2. The van der Waals surface area contributed by atoms with Gasteiger partial charge >= 0.3 is 0 Å². The zero-order valence-corrected chi connectivity index (χ0v) is 16.1. The molecular weight excluding hydrogens is 411 g/mol. The highest BCUT2D eigenvalue weighted by Crippen LogP contribution is 2.35. The molecule has 0 radical (unpaired) electrons. The molecule has 1 aromatic heterocycles. The van der Waals surface area contributed by atoms with Crippen molar-refractivity contribution in [1.82, 2.24) is 15.2 Å². The largest absolute Gasteiger partial charge is 0.352 e. The molecule has 3 rings (SSSR count). The molecule has 1 aromatic rings. The van der Waals surface area contributed by atoms with Gasteiger partial charge in [-0.2, -0.15) is 0 Å². The summed E-state index contributed by atoms with van der Waals surface area (Å²) < 4.78 is 0. The number of pyridine rings is 1. The highest BCUT2D eigenvalue weighted by molar-refractivity contribution is 14.0. The maximum absolute atomic E-state index is 5.81. The monoisotopic (exact) mass is 434 g/mol. The molecule has 1 N–H and O–H groups in total. The Balaban J connectivity index is 0.00000176. The average molecular weight is 435 g/mol. The van der Waals surface area contributed by atoms with E-state index >= 15 is 0 Å². The van der Waals surface area contributed by atoms with Crippen LogP contribution in [0.1, 0.15) is 31.2 Å². The Labute approximate surface area is 154 Å². The molecule has 2 atom stereocenters. The summed E-state index contributed by atoms with van der Waals surface area (Å²) in [5.41, 5.74) is 1.12. The first-order valence-corrected chi connectivity index (χ1v) is 8.20. The van der Waals surface area contributed by atoms with Crippen molar-refractivity contribution in [2.24, 2.45) is 16.8 Å². The molecular formula is C16H24ClIN4. The Morgan fingerprint density at radius 3 is 2.55 bits per heavy atom. The lowest BCUT2D eigenvalue weighted by Crippen LogP contribution is -2.39. The predicted molar refractivity (Wildman–Crippen MR) is 102 cm³/mol. The summed E-state index contributed by atoms with van der Waals surface area (Å²) in [6.45, 7) is 3.05. The van der Waals surface area contributed by atoms with Crippen LogP contribution in [0.3, 0.4) is 0 Å². The second-order valence-electron chi connectivity index (χ2n) is 6.10. The van der Waals surface area contributed by atoms with Gasteiger partial charge in [0, 0.05) is 32.9 Å². The standard InChI is InChI=1S/C16H23ClN4.HI/c1-18-16(20-9-12-6-7-15(17)19-8-12)21-10-13-4-2-3-5-14(13)11-21;/h6-8,13-14H,2-5,9-11H2,1H3,(H,18,20);1H. The number of rotatable bonds is 2. The van der Waals surface area contributed by atoms with Gasteiger partial charge in [-0.1, -0.05) is 30.5 Å². The molecule has 6 heteroatoms. The topological polar surface area (TPSA) is 40.5 Å². The number of hydrogen-bond donors (Lipinski definition) is 1. The molecule has 1 aliphatic heterocycles. The zero-order chi connectivity index (χ0) is 14.7. The van der Waals surface area contributed by atoms with Crippen LogP contribution in [0.4, 0.5) is 0 Å². The third kappa shape index (κ3) is 4.25. The number of nitrogens with zero attached hydrogens (tertiary/aromatic N) is 3. The molecule has 4 nitrogen and oxygen atoms in total. The van der Waals surface area contributed by atoms with Crippen molar-refractivity contribution in [3.8, 4) is 0 Å². The van der Waals surface area contributed by atoms with Crippen LogP contribution in [-0.4, -0.2) is 36.0 Å². The summed E-state index contributed by atoms with van der Waals surface area (Å²) in [5.74, 6) is 2.75. The van der Waals surface area contributed by atoms with Gasteiger partial charge in [0.1, 0.15) is 5.15 Å². The summed E-state index contributed by atoms with van der Waals surface area (Å²) in [4.78, 5) is 11.0. The Morgan fingerprint density at radius 1 is 1.32 bits per heavy atom. The molecule has 1 aliphatic carbocycles. The molecule has 0 aromatic carbocycles. The lowest BCUT2D eigenvalue weighted by atomic mass is 9.82. The highest BCUT2D eigenvalue weighted by atomic mass is 127. The predicted octanol–water partition coefficient (Wildman–Crippen LogP) is 3.55. The van der Waals surface area contributed by atoms with E-state index in [2.05, 4.69) is 20.2 Å². The summed E-state index contributed by atoms with van der Waals surface area (Å²) in [5, 5.41) is 3.98. The number of aliphatic imine (C=N–C) groups is 1. The van der Waals surface area contributed by atoms with Crippen molar-refractivity contribution in [3.63, 3.8) is 0 Å². The number of hydrogen-bond acceptors (Lipinski definition) is 2. The van der Waals surface area contributed by atoms with E-state index in [4.69, 9.17) is 11.6 Å². The molecule has 0 spiro atoms. The van der Waals surface area contributed by atoms with Crippen molar-refractivity contribution >= 4 is 41.5 Å². The fraction of sp³-hybridized carbons (Fsp3) is 0.625. The van der Waals surface area contributed by atoms with Crippen molar-refractivity contribution in [2.45, 2.75) is 32.2 Å². The van der Waals surface area contributed by atoms with Gasteiger partial charge in [-0.25, -0.2) is 4.98 Å². The normalized spacial score (nSPS) is 24.6. The Morgan fingerprint density at radius 2 is 2.00 bits per heavy atom.